The molecule has 1 aliphatic heterocycles. The summed E-state index contributed by atoms with van der Waals surface area (Å²) in [5.41, 5.74) is 2.78. The van der Waals surface area contributed by atoms with Crippen molar-refractivity contribution in [1.82, 2.24) is 9.80 Å². The van der Waals surface area contributed by atoms with E-state index in [1.165, 1.54) is 19.1 Å². The summed E-state index contributed by atoms with van der Waals surface area (Å²) in [6.45, 7) is 6.11. The highest BCUT2D eigenvalue weighted by Gasteiger charge is 2.44. The van der Waals surface area contributed by atoms with E-state index in [4.69, 9.17) is 14.2 Å². The molecular weight excluding hydrogens is 444 g/mol. The quantitative estimate of drug-likeness (QED) is 0.417. The molecule has 2 atom stereocenters. The van der Waals surface area contributed by atoms with Gasteiger partial charge in [0.05, 0.1) is 38.6 Å². The van der Waals surface area contributed by atoms with E-state index in [0.717, 1.165) is 27.6 Å². The lowest BCUT2D eigenvalue weighted by Gasteiger charge is -2.37. The molecule has 4 rings (SSSR count). The second-order valence-corrected chi connectivity index (χ2v) is 8.81. The van der Waals surface area contributed by atoms with Gasteiger partial charge in [-0.15, -0.1) is 0 Å². The Labute approximate surface area is 206 Å². The largest absolute Gasteiger partial charge is 0.496 e. The molecule has 0 N–H and O–H groups in total. The molecular formula is C28H32N2O5. The monoisotopic (exact) mass is 476 g/mol. The van der Waals surface area contributed by atoms with Crippen molar-refractivity contribution < 1.29 is 23.8 Å². The number of hydrogen-bond donors (Lipinski definition) is 0. The van der Waals surface area contributed by atoms with E-state index in [9.17, 15) is 9.59 Å². The van der Waals surface area contributed by atoms with Crippen LogP contribution in [0.4, 0.5) is 0 Å². The van der Waals surface area contributed by atoms with Gasteiger partial charge in [0, 0.05) is 6.04 Å². The zero-order valence-electron chi connectivity index (χ0n) is 21.3. The molecule has 0 aliphatic carbocycles. The summed E-state index contributed by atoms with van der Waals surface area (Å²) in [7, 11) is 6.61. The van der Waals surface area contributed by atoms with Crippen LogP contribution in [0.5, 0.6) is 17.2 Å². The third-order valence-electron chi connectivity index (χ3n) is 7.14. The number of nitrogens with zero attached hydrogens (tertiary/aromatic N) is 2. The number of imide groups is 1. The summed E-state index contributed by atoms with van der Waals surface area (Å²) in [6, 6.07) is 13.6. The van der Waals surface area contributed by atoms with Crippen LogP contribution in [0.2, 0.25) is 0 Å². The normalized spacial score (nSPS) is 14.9. The average Bonchev–Trinajstić information content (AvgIpc) is 3.13. The number of fused-ring (bicyclic) bond motifs is 2. The molecule has 0 fully saturated rings. The van der Waals surface area contributed by atoms with Crippen molar-refractivity contribution in [1.29, 1.82) is 0 Å². The van der Waals surface area contributed by atoms with Crippen LogP contribution in [0.1, 0.15) is 58.2 Å². The van der Waals surface area contributed by atoms with E-state index in [1.54, 1.807) is 19.2 Å². The molecule has 7 heteroatoms. The minimum atomic E-state index is -0.429. The summed E-state index contributed by atoms with van der Waals surface area (Å²) < 4.78 is 16.3. The van der Waals surface area contributed by atoms with Crippen LogP contribution in [-0.2, 0) is 0 Å². The van der Waals surface area contributed by atoms with E-state index in [1.807, 2.05) is 20.0 Å². The maximum atomic E-state index is 13.5. The topological polar surface area (TPSA) is 68.3 Å². The third kappa shape index (κ3) is 3.90. The number of carbonyl (C=O) groups is 2. The second-order valence-electron chi connectivity index (χ2n) is 8.81. The fourth-order valence-electron chi connectivity index (χ4n) is 5.04. The first kappa shape index (κ1) is 24.5. The standard InChI is InChI=1S/C28H32N2O5/c1-8-24(30-27(31)21-12-14-23(34-6)26(35-7)25(21)28(30)32)29(4)17(3)18-9-11-20-16(2)22(33-5)13-10-19(20)15-18/h9-15,17,24H,8H2,1-7H3. The molecule has 0 aromatic heterocycles. The van der Waals surface area contributed by atoms with Crippen molar-refractivity contribution in [3.05, 3.63) is 64.7 Å². The molecule has 7 nitrogen and oxygen atoms in total. The lowest BCUT2D eigenvalue weighted by atomic mass is 9.98. The minimum Gasteiger partial charge on any atom is -0.496 e. The molecule has 1 aliphatic rings. The van der Waals surface area contributed by atoms with E-state index in [-0.39, 0.29) is 29.2 Å². The summed E-state index contributed by atoms with van der Waals surface area (Å²) in [5, 5.41) is 2.25. The highest BCUT2D eigenvalue weighted by molar-refractivity contribution is 6.23. The average molecular weight is 477 g/mol. The highest BCUT2D eigenvalue weighted by Crippen LogP contribution is 2.40. The summed E-state index contributed by atoms with van der Waals surface area (Å²) in [5.74, 6) is 0.883. The molecule has 0 bridgehead atoms. The van der Waals surface area contributed by atoms with Crippen LogP contribution < -0.4 is 14.2 Å². The van der Waals surface area contributed by atoms with Gasteiger partial charge in [-0.05, 0) is 73.5 Å². The molecule has 2 amide bonds. The summed E-state index contributed by atoms with van der Waals surface area (Å²) in [6.07, 6.45) is 0.150. The smallest absolute Gasteiger partial charge is 0.266 e. The van der Waals surface area contributed by atoms with E-state index >= 15 is 0 Å². The van der Waals surface area contributed by atoms with Gasteiger partial charge >= 0.3 is 0 Å². The lowest BCUT2D eigenvalue weighted by molar-refractivity contribution is 0.0267. The van der Waals surface area contributed by atoms with Crippen molar-refractivity contribution in [2.75, 3.05) is 28.4 Å². The van der Waals surface area contributed by atoms with Crippen LogP contribution in [0.3, 0.4) is 0 Å². The van der Waals surface area contributed by atoms with E-state index < -0.39 is 6.17 Å². The fourth-order valence-corrected chi connectivity index (χ4v) is 5.04. The molecule has 1 heterocycles. The molecule has 0 spiro atoms. The molecule has 35 heavy (non-hydrogen) atoms. The van der Waals surface area contributed by atoms with Crippen molar-refractivity contribution in [3.63, 3.8) is 0 Å². The number of benzene rings is 3. The Bertz CT molecular complexity index is 1300. The lowest BCUT2D eigenvalue weighted by Crippen LogP contribution is -2.49. The van der Waals surface area contributed by atoms with Crippen molar-refractivity contribution in [3.8, 4) is 17.2 Å². The van der Waals surface area contributed by atoms with Gasteiger partial charge in [0.1, 0.15) is 5.75 Å². The molecule has 2 unspecified atom stereocenters. The van der Waals surface area contributed by atoms with Gasteiger partial charge in [0.25, 0.3) is 11.8 Å². The first-order valence-corrected chi connectivity index (χ1v) is 11.7. The van der Waals surface area contributed by atoms with Gasteiger partial charge in [-0.25, -0.2) is 0 Å². The maximum Gasteiger partial charge on any atom is 0.266 e. The predicted molar refractivity (Wildman–Crippen MR) is 136 cm³/mol. The van der Waals surface area contributed by atoms with E-state index in [2.05, 4.69) is 43.0 Å². The van der Waals surface area contributed by atoms with Gasteiger partial charge in [0.2, 0.25) is 0 Å². The van der Waals surface area contributed by atoms with Gasteiger partial charge in [-0.3, -0.25) is 19.4 Å². The Kier molecular flexibility index (Phi) is 6.72. The summed E-state index contributed by atoms with van der Waals surface area (Å²) >= 11 is 0. The van der Waals surface area contributed by atoms with Crippen LogP contribution >= 0.6 is 0 Å². The number of amides is 2. The molecule has 0 radical (unpaired) electrons. The number of methoxy groups -OCH3 is 3. The zero-order valence-corrected chi connectivity index (χ0v) is 21.3. The van der Waals surface area contributed by atoms with Crippen molar-refractivity contribution in [2.24, 2.45) is 0 Å². The second kappa shape index (κ2) is 9.58. The highest BCUT2D eigenvalue weighted by atomic mass is 16.5. The molecule has 3 aromatic rings. The first-order chi connectivity index (χ1) is 16.8. The fraction of sp³-hybridized carbons (Fsp3) is 0.357. The van der Waals surface area contributed by atoms with Gasteiger partial charge in [-0.1, -0.05) is 25.1 Å². The van der Waals surface area contributed by atoms with E-state index in [0.29, 0.717) is 17.7 Å². The first-order valence-electron chi connectivity index (χ1n) is 11.7. The number of carbonyl (C=O) groups excluding carboxylic acids is 2. The van der Waals surface area contributed by atoms with Gasteiger partial charge in [0.15, 0.2) is 11.5 Å². The molecule has 3 aromatic carbocycles. The molecule has 0 saturated heterocycles. The Balaban J connectivity index is 1.67. The number of ether oxygens (including phenoxy) is 3. The predicted octanol–water partition coefficient (Wildman–Crippen LogP) is 5.20. The third-order valence-corrected chi connectivity index (χ3v) is 7.14. The van der Waals surface area contributed by atoms with Gasteiger partial charge in [-0.2, -0.15) is 0 Å². The number of aryl methyl sites for hydroxylation is 1. The number of rotatable bonds is 8. The summed E-state index contributed by atoms with van der Waals surface area (Å²) in [4.78, 5) is 30.3. The SMILES string of the molecule is CCC(N1C(=O)c2ccc(OC)c(OC)c2C1=O)N(C)C(C)c1ccc2c(C)c(OC)ccc2c1. The van der Waals surface area contributed by atoms with Crippen molar-refractivity contribution >= 4 is 22.6 Å². The van der Waals surface area contributed by atoms with Crippen molar-refractivity contribution in [2.45, 2.75) is 39.4 Å². The molecule has 0 saturated carbocycles. The minimum absolute atomic E-state index is 0.0486. The molecule has 184 valence electrons. The van der Waals surface area contributed by atoms with Crippen LogP contribution in [0.25, 0.3) is 10.8 Å². The Morgan fingerprint density at radius 2 is 1.60 bits per heavy atom. The van der Waals surface area contributed by atoms with Crippen LogP contribution in [-0.4, -0.2) is 56.2 Å². The number of hydrogen-bond acceptors (Lipinski definition) is 6. The Morgan fingerprint density at radius 1 is 0.914 bits per heavy atom. The zero-order chi connectivity index (χ0) is 25.4. The Hall–Kier alpha value is -3.58. The van der Waals surface area contributed by atoms with Gasteiger partial charge < -0.3 is 14.2 Å². The maximum absolute atomic E-state index is 13.5. The van der Waals surface area contributed by atoms with Crippen LogP contribution in [0.15, 0.2) is 42.5 Å². The van der Waals surface area contributed by atoms with Crippen LogP contribution in [0, 0.1) is 6.92 Å². The Morgan fingerprint density at radius 3 is 2.23 bits per heavy atom.